The number of benzene rings is 2. The highest BCUT2D eigenvalue weighted by atomic mass is 19.1. The van der Waals surface area contributed by atoms with Crippen molar-refractivity contribution in [2.45, 2.75) is 31.8 Å². The van der Waals surface area contributed by atoms with Gasteiger partial charge in [-0.1, -0.05) is 29.8 Å². The molecule has 2 aliphatic rings. The minimum atomic E-state index is -0.415. The lowest BCUT2D eigenvalue weighted by Crippen LogP contribution is -2.48. The van der Waals surface area contributed by atoms with E-state index in [9.17, 15) is 9.18 Å². The fourth-order valence-electron chi connectivity index (χ4n) is 4.66. The summed E-state index contributed by atoms with van der Waals surface area (Å²) in [4.78, 5) is 18.8. The molecule has 5 rings (SSSR count). The summed E-state index contributed by atoms with van der Waals surface area (Å²) in [6.07, 6.45) is 0.923. The van der Waals surface area contributed by atoms with Crippen LogP contribution in [-0.2, 0) is 11.3 Å². The Morgan fingerprint density at radius 2 is 2.07 bits per heavy atom. The van der Waals surface area contributed by atoms with Gasteiger partial charge in [0.05, 0.1) is 5.56 Å². The first-order valence-corrected chi connectivity index (χ1v) is 10.1. The zero-order chi connectivity index (χ0) is 20.8. The third-order valence-electron chi connectivity index (χ3n) is 6.07. The number of aromatic nitrogens is 4. The number of fused-ring (bicyclic) bond motifs is 3. The van der Waals surface area contributed by atoms with E-state index in [1.54, 1.807) is 18.2 Å². The average Bonchev–Trinajstić information content (AvgIpc) is 3.30. The number of likely N-dealkylation sites (tertiary alicyclic amines) is 1. The number of halogens is 1. The van der Waals surface area contributed by atoms with Crippen molar-refractivity contribution in [2.24, 2.45) is 0 Å². The Kier molecular flexibility index (Phi) is 4.58. The van der Waals surface area contributed by atoms with Crippen LogP contribution >= 0.6 is 0 Å². The van der Waals surface area contributed by atoms with Crippen molar-refractivity contribution in [3.05, 3.63) is 59.4 Å². The molecule has 0 spiro atoms. The molecule has 3 aromatic rings. The van der Waals surface area contributed by atoms with Gasteiger partial charge in [-0.05, 0) is 55.9 Å². The van der Waals surface area contributed by atoms with Gasteiger partial charge in [-0.25, -0.2) is 4.39 Å². The molecule has 1 fully saturated rings. The maximum Gasteiger partial charge on any atom is 0.250 e. The zero-order valence-corrected chi connectivity index (χ0v) is 17.0. The van der Waals surface area contributed by atoms with Crippen LogP contribution in [0.2, 0.25) is 0 Å². The Balaban J connectivity index is 1.42. The largest absolute Gasteiger partial charge is 0.307 e. The molecule has 0 bridgehead atoms. The molecule has 1 saturated heterocycles. The molecule has 2 atom stereocenters. The third-order valence-corrected chi connectivity index (χ3v) is 6.07. The molecule has 8 heteroatoms. The molecule has 2 aromatic carbocycles. The second-order valence-electron chi connectivity index (χ2n) is 8.17. The number of carbonyl (C=O) groups excluding carboxylic acids is 1. The molecule has 0 N–H and O–H groups in total. The molecule has 0 saturated carbocycles. The summed E-state index contributed by atoms with van der Waals surface area (Å²) >= 11 is 0. The summed E-state index contributed by atoms with van der Waals surface area (Å²) < 4.78 is 14.0. The van der Waals surface area contributed by atoms with Gasteiger partial charge in [-0.2, -0.15) is 4.80 Å². The van der Waals surface area contributed by atoms with Crippen molar-refractivity contribution in [1.29, 1.82) is 0 Å². The summed E-state index contributed by atoms with van der Waals surface area (Å²) in [6, 6.07) is 12.7. The number of tetrazole rings is 1. The molecule has 30 heavy (non-hydrogen) atoms. The molecule has 7 nitrogen and oxygen atoms in total. The van der Waals surface area contributed by atoms with Gasteiger partial charge >= 0.3 is 0 Å². The molecule has 0 unspecified atom stereocenters. The summed E-state index contributed by atoms with van der Waals surface area (Å²) in [5.41, 5.74) is 3.68. The van der Waals surface area contributed by atoms with E-state index < -0.39 is 5.82 Å². The molecular formula is C22H23FN6O. The Bertz CT molecular complexity index is 1110. The Hall–Kier alpha value is -3.13. The first-order valence-electron chi connectivity index (χ1n) is 10.1. The number of hydrogen-bond acceptors (Lipinski definition) is 5. The minimum absolute atomic E-state index is 0.0339. The number of piperidine rings is 1. The molecule has 0 radical (unpaired) electrons. The molecule has 154 valence electrons. The van der Waals surface area contributed by atoms with E-state index in [-0.39, 0.29) is 29.9 Å². The normalized spacial score (nSPS) is 20.8. The van der Waals surface area contributed by atoms with Gasteiger partial charge in [0.15, 0.2) is 0 Å². The van der Waals surface area contributed by atoms with E-state index in [0.29, 0.717) is 5.92 Å². The van der Waals surface area contributed by atoms with Crippen molar-refractivity contribution in [3.63, 3.8) is 0 Å². The van der Waals surface area contributed by atoms with Gasteiger partial charge in [0, 0.05) is 24.2 Å². The maximum atomic E-state index is 14.0. The van der Waals surface area contributed by atoms with Gasteiger partial charge in [0.2, 0.25) is 5.82 Å². The number of hydrogen-bond donors (Lipinski definition) is 0. The summed E-state index contributed by atoms with van der Waals surface area (Å²) in [7, 11) is 2.12. The van der Waals surface area contributed by atoms with Gasteiger partial charge in [-0.3, -0.25) is 4.79 Å². The lowest BCUT2D eigenvalue weighted by molar-refractivity contribution is -0.120. The van der Waals surface area contributed by atoms with E-state index in [1.165, 1.54) is 22.0 Å². The highest BCUT2D eigenvalue weighted by molar-refractivity contribution is 5.96. The molecule has 1 amide bonds. The van der Waals surface area contributed by atoms with Crippen molar-refractivity contribution in [2.75, 3.05) is 25.0 Å². The quantitative estimate of drug-likeness (QED) is 0.669. The molecule has 0 aliphatic carbocycles. The van der Waals surface area contributed by atoms with Gasteiger partial charge in [-0.15, -0.1) is 10.2 Å². The molecular weight excluding hydrogens is 383 g/mol. The number of amides is 1. The lowest BCUT2D eigenvalue weighted by Gasteiger charge is -2.36. The van der Waals surface area contributed by atoms with E-state index >= 15 is 0 Å². The van der Waals surface area contributed by atoms with Crippen LogP contribution < -0.4 is 4.90 Å². The number of carbonyl (C=O) groups is 1. The van der Waals surface area contributed by atoms with Crippen molar-refractivity contribution >= 4 is 11.6 Å². The Morgan fingerprint density at radius 1 is 1.23 bits per heavy atom. The van der Waals surface area contributed by atoms with E-state index in [0.717, 1.165) is 25.2 Å². The van der Waals surface area contributed by atoms with Crippen LogP contribution in [0.1, 0.15) is 23.5 Å². The number of anilines is 1. The van der Waals surface area contributed by atoms with Crippen LogP contribution in [-0.4, -0.2) is 57.2 Å². The van der Waals surface area contributed by atoms with Crippen LogP contribution in [0.4, 0.5) is 10.1 Å². The average molecular weight is 406 g/mol. The topological polar surface area (TPSA) is 67.2 Å². The van der Waals surface area contributed by atoms with Crippen LogP contribution in [0.5, 0.6) is 0 Å². The molecule has 2 aliphatic heterocycles. The van der Waals surface area contributed by atoms with E-state index in [2.05, 4.69) is 40.3 Å². The van der Waals surface area contributed by atoms with E-state index in [1.807, 2.05) is 17.0 Å². The highest BCUT2D eigenvalue weighted by Gasteiger charge is 2.43. The first-order chi connectivity index (χ1) is 14.5. The van der Waals surface area contributed by atoms with Crippen LogP contribution in [0.3, 0.4) is 0 Å². The third kappa shape index (κ3) is 3.17. The summed E-state index contributed by atoms with van der Waals surface area (Å²) in [6.45, 7) is 3.94. The van der Waals surface area contributed by atoms with Gasteiger partial charge in [0.25, 0.3) is 5.91 Å². The molecule has 3 heterocycles. The second-order valence-corrected chi connectivity index (χ2v) is 8.17. The van der Waals surface area contributed by atoms with Crippen molar-refractivity contribution in [3.8, 4) is 11.4 Å². The Morgan fingerprint density at radius 3 is 2.90 bits per heavy atom. The smallest absolute Gasteiger partial charge is 0.250 e. The standard InChI is InChI=1S/C22H23FN6O/c1-14-7-8-19-16(11-14)17-12-27(2)10-9-20(17)29(19)21(30)13-28-25-22(24-26-28)15-5-3-4-6-18(15)23/h3-8,11,17,20H,9-10,12-13H2,1-2H3/t17-,20-/m0/s1. The predicted molar refractivity (Wildman–Crippen MR) is 111 cm³/mol. The number of aryl methyl sites for hydroxylation is 1. The minimum Gasteiger partial charge on any atom is -0.307 e. The van der Waals surface area contributed by atoms with Gasteiger partial charge in [0.1, 0.15) is 12.4 Å². The van der Waals surface area contributed by atoms with Crippen molar-refractivity contribution < 1.29 is 9.18 Å². The number of rotatable bonds is 3. The van der Waals surface area contributed by atoms with Crippen LogP contribution in [0.15, 0.2) is 42.5 Å². The first kappa shape index (κ1) is 18.9. The predicted octanol–water partition coefficient (Wildman–Crippen LogP) is 2.62. The SMILES string of the molecule is Cc1ccc2c(c1)[C@@H]1CN(C)CC[C@@H]1N2C(=O)Cn1nnc(-c2ccccc2F)n1. The van der Waals surface area contributed by atoms with Gasteiger partial charge < -0.3 is 9.80 Å². The second kappa shape index (κ2) is 7.28. The number of nitrogens with zero attached hydrogens (tertiary/aromatic N) is 6. The fraction of sp³-hybridized carbons (Fsp3) is 0.364. The fourth-order valence-corrected chi connectivity index (χ4v) is 4.66. The monoisotopic (exact) mass is 406 g/mol. The zero-order valence-electron chi connectivity index (χ0n) is 17.0. The highest BCUT2D eigenvalue weighted by Crippen LogP contribution is 2.45. The van der Waals surface area contributed by atoms with Crippen LogP contribution in [0, 0.1) is 12.7 Å². The van der Waals surface area contributed by atoms with E-state index in [4.69, 9.17) is 0 Å². The number of likely N-dealkylation sites (N-methyl/N-ethyl adjacent to an activating group) is 1. The summed E-state index contributed by atoms with van der Waals surface area (Å²) in [5, 5.41) is 12.2. The lowest BCUT2D eigenvalue weighted by atomic mass is 9.89. The van der Waals surface area contributed by atoms with Crippen molar-refractivity contribution in [1.82, 2.24) is 25.1 Å². The molecule has 1 aromatic heterocycles. The van der Waals surface area contributed by atoms with Crippen LogP contribution in [0.25, 0.3) is 11.4 Å². The Labute approximate surface area is 174 Å². The summed E-state index contributed by atoms with van der Waals surface area (Å²) in [5.74, 6) is -0.00757. The maximum absolute atomic E-state index is 14.0.